The summed E-state index contributed by atoms with van der Waals surface area (Å²) < 4.78 is 18.4. The summed E-state index contributed by atoms with van der Waals surface area (Å²) in [5.41, 5.74) is 0.634. The van der Waals surface area contributed by atoms with E-state index in [1.54, 1.807) is 19.4 Å². The Balaban J connectivity index is 2.04. The van der Waals surface area contributed by atoms with E-state index in [2.05, 4.69) is 15.3 Å². The van der Waals surface area contributed by atoms with Crippen LogP contribution in [0.25, 0.3) is 0 Å². The van der Waals surface area contributed by atoms with E-state index in [9.17, 15) is 4.39 Å². The zero-order valence-electron chi connectivity index (χ0n) is 9.65. The molecular weight excluding hydrogens is 257 g/mol. The van der Waals surface area contributed by atoms with Gasteiger partial charge < -0.3 is 10.1 Å². The second-order valence-corrected chi connectivity index (χ2v) is 3.91. The highest BCUT2D eigenvalue weighted by Gasteiger charge is 2.04. The predicted molar refractivity (Wildman–Crippen MR) is 67.3 cm³/mol. The number of nitrogens with one attached hydrogen (secondary N) is 1. The topological polar surface area (TPSA) is 47.0 Å². The van der Waals surface area contributed by atoms with Crippen LogP contribution in [0, 0.1) is 5.82 Å². The van der Waals surface area contributed by atoms with E-state index in [1.807, 2.05) is 0 Å². The van der Waals surface area contributed by atoms with E-state index in [0.717, 1.165) is 0 Å². The van der Waals surface area contributed by atoms with Gasteiger partial charge in [0.2, 0.25) is 0 Å². The summed E-state index contributed by atoms with van der Waals surface area (Å²) in [7, 11) is 1.76. The zero-order valence-corrected chi connectivity index (χ0v) is 10.4. The molecule has 0 amide bonds. The quantitative estimate of drug-likeness (QED) is 0.925. The van der Waals surface area contributed by atoms with Gasteiger partial charge in [-0.2, -0.15) is 0 Å². The monoisotopic (exact) mass is 267 g/mol. The lowest BCUT2D eigenvalue weighted by atomic mass is 10.3. The van der Waals surface area contributed by atoms with Gasteiger partial charge in [0, 0.05) is 13.1 Å². The maximum atomic E-state index is 13.0. The van der Waals surface area contributed by atoms with Gasteiger partial charge in [-0.1, -0.05) is 11.6 Å². The summed E-state index contributed by atoms with van der Waals surface area (Å²) in [4.78, 5) is 8.22. The van der Waals surface area contributed by atoms with Gasteiger partial charge in [-0.25, -0.2) is 9.37 Å². The number of ether oxygens (including phenoxy) is 1. The van der Waals surface area contributed by atoms with Crippen molar-refractivity contribution in [1.82, 2.24) is 9.97 Å². The van der Waals surface area contributed by atoms with E-state index < -0.39 is 5.82 Å². The summed E-state index contributed by atoms with van der Waals surface area (Å²) in [6.07, 6.45) is 3.17. The molecule has 0 fully saturated rings. The minimum absolute atomic E-state index is 0.181. The number of hydrogen-bond acceptors (Lipinski definition) is 4. The molecule has 6 heteroatoms. The zero-order chi connectivity index (χ0) is 13.0. The van der Waals surface area contributed by atoms with Gasteiger partial charge in [-0.15, -0.1) is 0 Å². The van der Waals surface area contributed by atoms with E-state index in [0.29, 0.717) is 16.5 Å². The molecule has 4 nitrogen and oxygen atoms in total. The minimum atomic E-state index is -0.397. The molecule has 0 atom stereocenters. The third-order valence-electron chi connectivity index (χ3n) is 2.23. The van der Waals surface area contributed by atoms with Gasteiger partial charge in [0.25, 0.3) is 0 Å². The van der Waals surface area contributed by atoms with Crippen molar-refractivity contribution in [2.45, 2.75) is 6.61 Å². The van der Waals surface area contributed by atoms with Crippen LogP contribution in [0.3, 0.4) is 0 Å². The van der Waals surface area contributed by atoms with Gasteiger partial charge >= 0.3 is 0 Å². The smallest absolute Gasteiger partial charge is 0.144 e. The summed E-state index contributed by atoms with van der Waals surface area (Å²) >= 11 is 5.87. The number of rotatable bonds is 4. The minimum Gasteiger partial charge on any atom is -0.486 e. The van der Waals surface area contributed by atoms with E-state index in [-0.39, 0.29) is 12.4 Å². The van der Waals surface area contributed by atoms with Gasteiger partial charge in [0.15, 0.2) is 0 Å². The Morgan fingerprint density at radius 2 is 2.17 bits per heavy atom. The van der Waals surface area contributed by atoms with E-state index in [1.165, 1.54) is 18.2 Å². The summed E-state index contributed by atoms with van der Waals surface area (Å²) in [5.74, 6) is 0.560. The molecule has 0 saturated carbocycles. The maximum Gasteiger partial charge on any atom is 0.144 e. The van der Waals surface area contributed by atoms with Crippen LogP contribution in [0.5, 0.6) is 5.75 Å². The van der Waals surface area contributed by atoms with Crippen molar-refractivity contribution in [3.63, 3.8) is 0 Å². The Labute approximate surface area is 109 Å². The van der Waals surface area contributed by atoms with Crippen LogP contribution in [-0.2, 0) is 6.61 Å². The molecule has 0 radical (unpaired) electrons. The largest absolute Gasteiger partial charge is 0.486 e. The van der Waals surface area contributed by atoms with E-state index >= 15 is 0 Å². The molecule has 0 spiro atoms. The van der Waals surface area contributed by atoms with Crippen molar-refractivity contribution in [3.8, 4) is 5.75 Å². The third kappa shape index (κ3) is 3.07. The van der Waals surface area contributed by atoms with Gasteiger partial charge in [0.05, 0.1) is 23.1 Å². The molecule has 0 aliphatic carbocycles. The Morgan fingerprint density at radius 1 is 1.33 bits per heavy atom. The molecular formula is C12H11ClFN3O. The number of hydrogen-bond donors (Lipinski definition) is 1. The SMILES string of the molecule is CNc1cnc(COc2cc(F)ccc2Cl)cn1. The van der Waals surface area contributed by atoms with Crippen molar-refractivity contribution in [1.29, 1.82) is 0 Å². The second-order valence-electron chi connectivity index (χ2n) is 3.51. The molecule has 0 unspecified atom stereocenters. The maximum absolute atomic E-state index is 13.0. The fourth-order valence-corrected chi connectivity index (χ4v) is 1.47. The van der Waals surface area contributed by atoms with E-state index in [4.69, 9.17) is 16.3 Å². The molecule has 2 rings (SSSR count). The molecule has 0 aliphatic rings. The Hall–Kier alpha value is -1.88. The Morgan fingerprint density at radius 3 is 2.83 bits per heavy atom. The van der Waals surface area contributed by atoms with Crippen LogP contribution in [0.15, 0.2) is 30.6 Å². The third-order valence-corrected chi connectivity index (χ3v) is 2.54. The number of benzene rings is 1. The van der Waals surface area contributed by atoms with Crippen LogP contribution < -0.4 is 10.1 Å². The highest BCUT2D eigenvalue weighted by molar-refractivity contribution is 6.32. The normalized spacial score (nSPS) is 10.2. The number of halogens is 2. The van der Waals surface area contributed by atoms with Crippen LogP contribution in [-0.4, -0.2) is 17.0 Å². The predicted octanol–water partition coefficient (Wildman–Crippen LogP) is 2.89. The molecule has 18 heavy (non-hydrogen) atoms. The van der Waals surface area contributed by atoms with Crippen molar-refractivity contribution < 1.29 is 9.13 Å². The molecule has 1 heterocycles. The van der Waals surface area contributed by atoms with Gasteiger partial charge in [-0.05, 0) is 12.1 Å². The second kappa shape index (κ2) is 5.64. The number of anilines is 1. The highest BCUT2D eigenvalue weighted by Crippen LogP contribution is 2.25. The highest BCUT2D eigenvalue weighted by atomic mass is 35.5. The molecule has 1 aromatic heterocycles. The average Bonchev–Trinajstić information content (AvgIpc) is 2.40. The first-order valence-electron chi connectivity index (χ1n) is 5.25. The first-order valence-corrected chi connectivity index (χ1v) is 5.63. The molecule has 0 saturated heterocycles. The van der Waals surface area contributed by atoms with Crippen molar-refractivity contribution in [2.24, 2.45) is 0 Å². The lowest BCUT2D eigenvalue weighted by molar-refractivity contribution is 0.299. The Kier molecular flexibility index (Phi) is 3.94. The van der Waals surface area contributed by atoms with Crippen LogP contribution >= 0.6 is 11.6 Å². The van der Waals surface area contributed by atoms with Gasteiger partial charge in [0.1, 0.15) is 24.0 Å². The first-order chi connectivity index (χ1) is 8.69. The summed E-state index contributed by atoms with van der Waals surface area (Å²) in [5, 5.41) is 3.22. The molecule has 1 N–H and O–H groups in total. The molecule has 1 aromatic carbocycles. The fraction of sp³-hybridized carbons (Fsp3) is 0.167. The average molecular weight is 268 g/mol. The molecule has 0 aliphatic heterocycles. The summed E-state index contributed by atoms with van der Waals surface area (Å²) in [6.45, 7) is 0.181. The van der Waals surface area contributed by atoms with Crippen LogP contribution in [0.2, 0.25) is 5.02 Å². The van der Waals surface area contributed by atoms with Crippen LogP contribution in [0.4, 0.5) is 10.2 Å². The number of nitrogens with zero attached hydrogens (tertiary/aromatic N) is 2. The lowest BCUT2D eigenvalue weighted by Gasteiger charge is -2.07. The summed E-state index contributed by atoms with van der Waals surface area (Å²) in [6, 6.07) is 3.95. The molecule has 0 bridgehead atoms. The van der Waals surface area contributed by atoms with Crippen molar-refractivity contribution >= 4 is 17.4 Å². The molecule has 94 valence electrons. The fourth-order valence-electron chi connectivity index (χ4n) is 1.30. The van der Waals surface area contributed by atoms with Crippen molar-refractivity contribution in [3.05, 3.63) is 47.1 Å². The standard InChI is InChI=1S/C12H11ClFN3O/c1-15-12-6-16-9(5-17-12)7-18-11-4-8(14)2-3-10(11)13/h2-6H,7H2,1H3,(H,15,17). The lowest BCUT2D eigenvalue weighted by Crippen LogP contribution is -2.01. The van der Waals surface area contributed by atoms with Gasteiger partial charge in [-0.3, -0.25) is 4.98 Å². The van der Waals surface area contributed by atoms with Crippen molar-refractivity contribution in [2.75, 3.05) is 12.4 Å². The number of aromatic nitrogens is 2. The van der Waals surface area contributed by atoms with Crippen LogP contribution in [0.1, 0.15) is 5.69 Å². The molecule has 2 aromatic rings. The first kappa shape index (κ1) is 12.6. The Bertz CT molecular complexity index is 533.